The van der Waals surface area contributed by atoms with Gasteiger partial charge in [-0.1, -0.05) is 32.9 Å². The molecule has 1 aliphatic carbocycles. The molecule has 0 bridgehead atoms. The lowest BCUT2D eigenvalue weighted by atomic mass is 9.94. The first-order chi connectivity index (χ1) is 9.95. The molecule has 1 aliphatic rings. The predicted molar refractivity (Wildman–Crippen MR) is 86.8 cm³/mol. The summed E-state index contributed by atoms with van der Waals surface area (Å²) in [6.45, 7) is 9.46. The number of aliphatic hydroxyl groups is 1. The molecule has 0 radical (unpaired) electrons. The average molecular weight is 291 g/mol. The monoisotopic (exact) mass is 291 g/mol. The quantitative estimate of drug-likeness (QED) is 0.808. The number of hydrogen-bond acceptors (Lipinski definition) is 3. The Labute approximate surface area is 128 Å². The van der Waals surface area contributed by atoms with Crippen molar-refractivity contribution in [3.63, 3.8) is 0 Å². The Hall–Kier alpha value is -1.06. The summed E-state index contributed by atoms with van der Waals surface area (Å²) in [6, 6.07) is 6.74. The van der Waals surface area contributed by atoms with Crippen LogP contribution in [0, 0.1) is 5.92 Å². The minimum absolute atomic E-state index is 0.174. The van der Waals surface area contributed by atoms with Gasteiger partial charge in [-0.3, -0.25) is 0 Å². The lowest BCUT2D eigenvalue weighted by Crippen LogP contribution is -2.38. The molecular formula is C18H29NO2. The maximum absolute atomic E-state index is 10.3. The molecule has 3 nitrogen and oxygen atoms in total. The number of nitrogens with one attached hydrogen (secondary N) is 1. The normalized spacial score (nSPS) is 20.4. The van der Waals surface area contributed by atoms with Gasteiger partial charge >= 0.3 is 0 Å². The largest absolute Gasteiger partial charge is 0.490 e. The van der Waals surface area contributed by atoms with E-state index >= 15 is 0 Å². The summed E-state index contributed by atoms with van der Waals surface area (Å²) in [5.74, 6) is 1.11. The van der Waals surface area contributed by atoms with E-state index in [1.807, 2.05) is 26.8 Å². The zero-order valence-electron chi connectivity index (χ0n) is 13.8. The van der Waals surface area contributed by atoms with E-state index in [0.29, 0.717) is 12.6 Å². The van der Waals surface area contributed by atoms with Gasteiger partial charge in [0.25, 0.3) is 0 Å². The summed E-state index contributed by atoms with van der Waals surface area (Å²) >= 11 is 0. The standard InChI is InChI=1S/C18H29NO2/c1-5-11-19-16-10-9-15-14(16)7-6-8-17(15)21-12-18(4,20)13(2)3/h6-8,13,16,19-20H,5,9-12H2,1-4H3. The first-order valence-electron chi connectivity index (χ1n) is 8.16. The van der Waals surface area contributed by atoms with Crippen LogP contribution in [0.2, 0.25) is 0 Å². The van der Waals surface area contributed by atoms with Crippen LogP contribution in [0.4, 0.5) is 0 Å². The second kappa shape index (κ2) is 6.80. The summed E-state index contributed by atoms with van der Waals surface area (Å²) in [5, 5.41) is 13.9. The third-order valence-corrected chi connectivity index (χ3v) is 4.63. The van der Waals surface area contributed by atoms with Crippen molar-refractivity contribution in [3.8, 4) is 5.75 Å². The molecule has 118 valence electrons. The van der Waals surface area contributed by atoms with Crippen molar-refractivity contribution in [2.45, 2.75) is 58.6 Å². The third kappa shape index (κ3) is 3.78. The van der Waals surface area contributed by atoms with E-state index in [0.717, 1.165) is 31.6 Å². The fraction of sp³-hybridized carbons (Fsp3) is 0.667. The van der Waals surface area contributed by atoms with Crippen molar-refractivity contribution in [2.75, 3.05) is 13.2 Å². The van der Waals surface area contributed by atoms with Crippen molar-refractivity contribution < 1.29 is 9.84 Å². The zero-order valence-corrected chi connectivity index (χ0v) is 13.8. The molecular weight excluding hydrogens is 262 g/mol. The molecule has 0 saturated carbocycles. The van der Waals surface area contributed by atoms with E-state index < -0.39 is 5.60 Å². The highest BCUT2D eigenvalue weighted by molar-refractivity contribution is 5.45. The Kier molecular flexibility index (Phi) is 5.28. The lowest BCUT2D eigenvalue weighted by molar-refractivity contribution is -0.0268. The summed E-state index contributed by atoms with van der Waals surface area (Å²) in [4.78, 5) is 0. The first-order valence-corrected chi connectivity index (χ1v) is 8.16. The fourth-order valence-corrected chi connectivity index (χ4v) is 2.68. The van der Waals surface area contributed by atoms with Crippen LogP contribution in [-0.4, -0.2) is 23.9 Å². The van der Waals surface area contributed by atoms with E-state index in [1.54, 1.807) is 0 Å². The van der Waals surface area contributed by atoms with E-state index in [1.165, 1.54) is 11.1 Å². The minimum Gasteiger partial charge on any atom is -0.490 e. The molecule has 21 heavy (non-hydrogen) atoms. The Morgan fingerprint density at radius 3 is 2.86 bits per heavy atom. The second-order valence-corrected chi connectivity index (χ2v) is 6.67. The summed E-state index contributed by atoms with van der Waals surface area (Å²) in [5.41, 5.74) is 1.89. The molecule has 0 aromatic heterocycles. The lowest BCUT2D eigenvalue weighted by Gasteiger charge is -2.28. The van der Waals surface area contributed by atoms with E-state index in [9.17, 15) is 5.11 Å². The van der Waals surface area contributed by atoms with Crippen molar-refractivity contribution in [1.29, 1.82) is 0 Å². The van der Waals surface area contributed by atoms with Crippen LogP contribution in [0.15, 0.2) is 18.2 Å². The van der Waals surface area contributed by atoms with Crippen LogP contribution >= 0.6 is 0 Å². The number of hydrogen-bond donors (Lipinski definition) is 2. The smallest absolute Gasteiger partial charge is 0.122 e. The van der Waals surface area contributed by atoms with Gasteiger partial charge in [0.1, 0.15) is 12.4 Å². The third-order valence-electron chi connectivity index (χ3n) is 4.63. The Morgan fingerprint density at radius 2 is 2.19 bits per heavy atom. The van der Waals surface area contributed by atoms with E-state index in [2.05, 4.69) is 24.4 Å². The van der Waals surface area contributed by atoms with Crippen LogP contribution in [-0.2, 0) is 6.42 Å². The van der Waals surface area contributed by atoms with Crippen LogP contribution in [0.5, 0.6) is 5.75 Å². The number of ether oxygens (including phenoxy) is 1. The van der Waals surface area contributed by atoms with Gasteiger partial charge in [0.15, 0.2) is 0 Å². The van der Waals surface area contributed by atoms with Crippen LogP contribution in [0.3, 0.4) is 0 Å². The van der Waals surface area contributed by atoms with Gasteiger partial charge in [0.05, 0.1) is 5.60 Å². The van der Waals surface area contributed by atoms with Gasteiger partial charge in [0.2, 0.25) is 0 Å². The topological polar surface area (TPSA) is 41.5 Å². The molecule has 0 spiro atoms. The summed E-state index contributed by atoms with van der Waals surface area (Å²) < 4.78 is 5.95. The fourth-order valence-electron chi connectivity index (χ4n) is 2.68. The molecule has 0 aliphatic heterocycles. The average Bonchev–Trinajstić information content (AvgIpc) is 2.86. The molecule has 0 amide bonds. The number of fused-ring (bicyclic) bond motifs is 1. The molecule has 3 heteroatoms. The maximum Gasteiger partial charge on any atom is 0.122 e. The maximum atomic E-state index is 10.3. The minimum atomic E-state index is -0.790. The molecule has 0 fully saturated rings. The van der Waals surface area contributed by atoms with Crippen molar-refractivity contribution in [3.05, 3.63) is 29.3 Å². The Balaban J connectivity index is 2.08. The van der Waals surface area contributed by atoms with Crippen molar-refractivity contribution >= 4 is 0 Å². The molecule has 1 aromatic rings. The van der Waals surface area contributed by atoms with Crippen LogP contribution < -0.4 is 10.1 Å². The first kappa shape index (κ1) is 16.3. The SMILES string of the molecule is CCCNC1CCc2c(OCC(C)(O)C(C)C)cccc21. The van der Waals surface area contributed by atoms with Crippen molar-refractivity contribution in [1.82, 2.24) is 5.32 Å². The van der Waals surface area contributed by atoms with Gasteiger partial charge < -0.3 is 15.2 Å². The van der Waals surface area contributed by atoms with Gasteiger partial charge in [-0.25, -0.2) is 0 Å². The predicted octanol–water partition coefficient (Wildman–Crippen LogP) is 3.46. The molecule has 1 aromatic carbocycles. The van der Waals surface area contributed by atoms with Gasteiger partial charge in [-0.15, -0.1) is 0 Å². The van der Waals surface area contributed by atoms with E-state index in [4.69, 9.17) is 4.74 Å². The highest BCUT2D eigenvalue weighted by Gasteiger charge is 2.28. The molecule has 2 N–H and O–H groups in total. The second-order valence-electron chi connectivity index (χ2n) is 6.67. The van der Waals surface area contributed by atoms with Gasteiger partial charge in [-0.05, 0) is 55.8 Å². The number of rotatable bonds is 7. The van der Waals surface area contributed by atoms with E-state index in [-0.39, 0.29) is 5.92 Å². The van der Waals surface area contributed by atoms with Gasteiger partial charge in [-0.2, -0.15) is 0 Å². The van der Waals surface area contributed by atoms with Crippen LogP contribution in [0.25, 0.3) is 0 Å². The summed E-state index contributed by atoms with van der Waals surface area (Å²) in [7, 11) is 0. The highest BCUT2D eigenvalue weighted by Crippen LogP contribution is 2.37. The Bertz CT molecular complexity index is 468. The van der Waals surface area contributed by atoms with Gasteiger partial charge in [0, 0.05) is 6.04 Å². The van der Waals surface area contributed by atoms with Crippen molar-refractivity contribution in [2.24, 2.45) is 5.92 Å². The molecule has 0 heterocycles. The Morgan fingerprint density at radius 1 is 1.43 bits per heavy atom. The molecule has 2 rings (SSSR count). The number of benzene rings is 1. The molecule has 2 atom stereocenters. The molecule has 0 saturated heterocycles. The summed E-state index contributed by atoms with van der Waals surface area (Å²) in [6.07, 6.45) is 3.34. The zero-order chi connectivity index (χ0) is 15.5. The van der Waals surface area contributed by atoms with Crippen LogP contribution in [0.1, 0.15) is 57.7 Å². The molecule has 2 unspecified atom stereocenters. The highest BCUT2D eigenvalue weighted by atomic mass is 16.5.